The van der Waals surface area contributed by atoms with Crippen LogP contribution in [0.15, 0.2) is 18.2 Å². The SMILES string of the molecule is CCc1c(C)c2cc3nc(c(CC(=O)OC)c4nc(cc5[nH]c(cc1[nH]2)c(CC)c5C)C(C)C4)C(CCC(=O)OC)=C3C. The molecule has 0 aromatic carbocycles. The number of nitrogens with one attached hydrogen (secondary N) is 2. The minimum absolute atomic E-state index is 0.0444. The summed E-state index contributed by atoms with van der Waals surface area (Å²) in [5, 5.41) is 0. The molecule has 3 aromatic heterocycles. The van der Waals surface area contributed by atoms with Gasteiger partial charge in [0, 0.05) is 51.4 Å². The molecule has 0 saturated carbocycles. The minimum atomic E-state index is -0.354. The molecule has 8 heteroatoms. The number of H-pyrrole nitrogens is 2. The van der Waals surface area contributed by atoms with Crippen molar-refractivity contribution in [3.63, 3.8) is 0 Å². The molecule has 0 aliphatic carbocycles. The molecule has 8 bridgehead atoms. The van der Waals surface area contributed by atoms with Crippen LogP contribution in [0, 0.1) is 13.8 Å². The number of ether oxygens (including phenoxy) is 2. The Labute approximate surface area is 253 Å². The Morgan fingerprint density at radius 1 is 0.837 bits per heavy atom. The summed E-state index contributed by atoms with van der Waals surface area (Å²) in [7, 11) is 2.79. The average Bonchev–Trinajstić information content (AvgIpc) is 3.69. The monoisotopic (exact) mass is 582 g/mol. The Kier molecular flexibility index (Phi) is 8.58. The summed E-state index contributed by atoms with van der Waals surface area (Å²) >= 11 is 0. The van der Waals surface area contributed by atoms with E-state index < -0.39 is 0 Å². The summed E-state index contributed by atoms with van der Waals surface area (Å²) in [5.41, 5.74) is 15.1. The second kappa shape index (κ2) is 12.2. The molecular weight excluding hydrogens is 540 g/mol. The summed E-state index contributed by atoms with van der Waals surface area (Å²) < 4.78 is 10.1. The molecule has 1 unspecified atom stereocenters. The van der Waals surface area contributed by atoms with Crippen LogP contribution in [0.25, 0.3) is 33.2 Å². The molecule has 8 nitrogen and oxygen atoms in total. The van der Waals surface area contributed by atoms with Gasteiger partial charge in [0.15, 0.2) is 0 Å². The fourth-order valence-corrected chi connectivity index (χ4v) is 6.47. The van der Waals surface area contributed by atoms with Crippen molar-refractivity contribution in [1.82, 2.24) is 19.9 Å². The van der Waals surface area contributed by atoms with E-state index in [1.165, 1.54) is 36.5 Å². The van der Waals surface area contributed by atoms with Crippen molar-refractivity contribution < 1.29 is 19.1 Å². The average molecular weight is 583 g/mol. The van der Waals surface area contributed by atoms with E-state index in [1.807, 2.05) is 6.92 Å². The maximum atomic E-state index is 12.8. The zero-order chi connectivity index (χ0) is 31.0. The van der Waals surface area contributed by atoms with E-state index >= 15 is 0 Å². The summed E-state index contributed by atoms with van der Waals surface area (Å²) in [6.45, 7) is 12.9. The Balaban J connectivity index is 1.95. The van der Waals surface area contributed by atoms with Crippen molar-refractivity contribution in [3.8, 4) is 0 Å². The standard InChI is InChI=1S/C35H42N4O4/c1-9-22-19(4)27-15-26-18(3)13-30(36-26)25(14-34(41)43-8)35-24(11-12-33(40)42-7)21(6)29(39-35)16-28-20(5)23(10-2)32(38-28)17-31(22)37-27/h15-18,37-38H,9-14H2,1-8H3. The number of carbonyl (C=O) groups is 2. The number of aromatic nitrogens is 4. The highest BCUT2D eigenvalue weighted by atomic mass is 16.5. The lowest BCUT2D eigenvalue weighted by atomic mass is 9.94. The van der Waals surface area contributed by atoms with Gasteiger partial charge in [0.1, 0.15) is 0 Å². The number of hydrogen-bond donors (Lipinski definition) is 2. The van der Waals surface area contributed by atoms with Crippen LogP contribution in [0.4, 0.5) is 0 Å². The van der Waals surface area contributed by atoms with Gasteiger partial charge >= 0.3 is 11.9 Å². The Hall–Kier alpha value is -4.20. The van der Waals surface area contributed by atoms with Gasteiger partial charge in [-0.3, -0.25) is 14.6 Å². The molecule has 0 fully saturated rings. The molecule has 2 N–H and O–H groups in total. The summed E-state index contributed by atoms with van der Waals surface area (Å²) in [6, 6.07) is 6.47. The first-order chi connectivity index (χ1) is 20.6. The van der Waals surface area contributed by atoms with Crippen molar-refractivity contribution in [2.24, 2.45) is 0 Å². The number of aryl methyl sites for hydroxylation is 4. The van der Waals surface area contributed by atoms with Gasteiger partial charge in [0.05, 0.1) is 32.0 Å². The van der Waals surface area contributed by atoms with Crippen LogP contribution in [0.1, 0.15) is 97.0 Å². The van der Waals surface area contributed by atoms with Crippen molar-refractivity contribution in [1.29, 1.82) is 0 Å². The van der Waals surface area contributed by atoms with Gasteiger partial charge in [-0.1, -0.05) is 20.8 Å². The number of carbonyl (C=O) groups excluding carboxylic acids is 2. The van der Waals surface area contributed by atoms with Gasteiger partial charge < -0.3 is 19.4 Å². The van der Waals surface area contributed by atoms with E-state index in [0.29, 0.717) is 18.5 Å². The van der Waals surface area contributed by atoms with E-state index in [9.17, 15) is 9.59 Å². The molecule has 5 rings (SSSR count). The van der Waals surface area contributed by atoms with E-state index in [1.54, 1.807) is 0 Å². The zero-order valence-corrected chi connectivity index (χ0v) is 26.6. The third-order valence-electron chi connectivity index (χ3n) is 9.08. The maximum absolute atomic E-state index is 12.8. The number of hydrogen-bond acceptors (Lipinski definition) is 6. The van der Waals surface area contributed by atoms with Crippen molar-refractivity contribution in [2.45, 2.75) is 86.0 Å². The fraction of sp³-hybridized carbons (Fsp3) is 0.429. The first-order valence-electron chi connectivity index (χ1n) is 15.2. The highest BCUT2D eigenvalue weighted by molar-refractivity contribution is 5.95. The molecule has 0 amide bonds. The normalized spacial score (nSPS) is 14.7. The van der Waals surface area contributed by atoms with Gasteiger partial charge in [-0.25, -0.2) is 4.98 Å². The second-order valence-corrected chi connectivity index (χ2v) is 11.6. The number of rotatable bonds is 7. The minimum Gasteiger partial charge on any atom is -0.469 e. The quantitative estimate of drug-likeness (QED) is 0.290. The van der Waals surface area contributed by atoms with E-state index in [-0.39, 0.29) is 30.7 Å². The lowest BCUT2D eigenvalue weighted by molar-refractivity contribution is -0.141. The van der Waals surface area contributed by atoms with E-state index in [4.69, 9.17) is 19.4 Å². The molecular formula is C35H42N4O4. The molecule has 0 spiro atoms. The molecule has 3 aromatic rings. The van der Waals surface area contributed by atoms with Crippen molar-refractivity contribution in [2.75, 3.05) is 14.2 Å². The Morgan fingerprint density at radius 2 is 1.44 bits per heavy atom. The number of fused-ring (bicyclic) bond motifs is 8. The lowest BCUT2D eigenvalue weighted by Crippen LogP contribution is -2.10. The van der Waals surface area contributed by atoms with Crippen LogP contribution in [-0.2, 0) is 44.7 Å². The van der Waals surface area contributed by atoms with Crippen LogP contribution in [0.5, 0.6) is 0 Å². The zero-order valence-electron chi connectivity index (χ0n) is 26.6. The summed E-state index contributed by atoms with van der Waals surface area (Å²) in [6.07, 6.45) is 3.17. The van der Waals surface area contributed by atoms with Gasteiger partial charge in [0.25, 0.3) is 0 Å². The first-order valence-corrected chi connectivity index (χ1v) is 15.2. The molecule has 0 radical (unpaired) electrons. The number of allylic oxidation sites excluding steroid dienone is 2. The fourth-order valence-electron chi connectivity index (χ4n) is 6.47. The smallest absolute Gasteiger partial charge is 0.310 e. The van der Waals surface area contributed by atoms with Crippen LogP contribution in [-0.4, -0.2) is 46.1 Å². The van der Waals surface area contributed by atoms with Gasteiger partial charge in [-0.15, -0.1) is 0 Å². The van der Waals surface area contributed by atoms with Gasteiger partial charge in [-0.05, 0) is 98.1 Å². The molecule has 2 aliphatic rings. The third-order valence-corrected chi connectivity index (χ3v) is 9.08. The number of nitrogens with zero attached hydrogens (tertiary/aromatic N) is 2. The predicted octanol–water partition coefficient (Wildman–Crippen LogP) is 7.00. The Bertz CT molecular complexity index is 1810. The van der Waals surface area contributed by atoms with Crippen LogP contribution < -0.4 is 0 Å². The number of aromatic amines is 2. The highest BCUT2D eigenvalue weighted by Crippen LogP contribution is 2.38. The summed E-state index contributed by atoms with van der Waals surface area (Å²) in [5.74, 6) is -0.492. The molecule has 43 heavy (non-hydrogen) atoms. The summed E-state index contributed by atoms with van der Waals surface area (Å²) in [4.78, 5) is 42.6. The number of methoxy groups -OCH3 is 2. The van der Waals surface area contributed by atoms with Crippen molar-refractivity contribution in [3.05, 3.63) is 68.8 Å². The van der Waals surface area contributed by atoms with Crippen LogP contribution in [0.2, 0.25) is 0 Å². The highest BCUT2D eigenvalue weighted by Gasteiger charge is 2.27. The molecule has 1 atom stereocenters. The molecule has 226 valence electrons. The van der Waals surface area contributed by atoms with Crippen LogP contribution in [0.3, 0.4) is 0 Å². The van der Waals surface area contributed by atoms with Crippen molar-refractivity contribution >= 4 is 45.2 Å². The van der Waals surface area contributed by atoms with Gasteiger partial charge in [-0.2, -0.15) is 0 Å². The van der Waals surface area contributed by atoms with Gasteiger partial charge in [0.2, 0.25) is 0 Å². The first kappa shape index (κ1) is 30.3. The number of esters is 2. The lowest BCUT2D eigenvalue weighted by Gasteiger charge is -2.10. The maximum Gasteiger partial charge on any atom is 0.310 e. The van der Waals surface area contributed by atoms with E-state index in [2.05, 4.69) is 62.8 Å². The van der Waals surface area contributed by atoms with Crippen LogP contribution >= 0.6 is 0 Å². The molecule has 2 aliphatic heterocycles. The molecule has 5 heterocycles. The second-order valence-electron chi connectivity index (χ2n) is 11.6. The van der Waals surface area contributed by atoms with E-state index in [0.717, 1.165) is 68.7 Å². The third kappa shape index (κ3) is 5.63. The Morgan fingerprint density at radius 3 is 2.02 bits per heavy atom. The largest absolute Gasteiger partial charge is 0.469 e. The predicted molar refractivity (Wildman–Crippen MR) is 171 cm³/mol. The topological polar surface area (TPSA) is 110 Å². The molecule has 0 saturated heterocycles.